The minimum atomic E-state index is -0.387. The van der Waals surface area contributed by atoms with Gasteiger partial charge in [0.1, 0.15) is 0 Å². The molecule has 0 aromatic rings. The summed E-state index contributed by atoms with van der Waals surface area (Å²) in [5, 5.41) is 9.22. The van der Waals surface area contributed by atoms with E-state index < -0.39 is 0 Å². The van der Waals surface area contributed by atoms with Crippen molar-refractivity contribution in [2.45, 2.75) is 39.4 Å². The van der Waals surface area contributed by atoms with Gasteiger partial charge in [-0.25, -0.2) is 0 Å². The van der Waals surface area contributed by atoms with Crippen molar-refractivity contribution in [3.05, 3.63) is 24.5 Å². The van der Waals surface area contributed by atoms with Crippen LogP contribution < -0.4 is 0 Å². The van der Waals surface area contributed by atoms with E-state index in [2.05, 4.69) is 0 Å². The molecular weight excluding hydrogens is 152 g/mol. The van der Waals surface area contributed by atoms with Crippen LogP contribution in [0.1, 0.15) is 27.2 Å². The predicted molar refractivity (Wildman–Crippen MR) is 50.8 cm³/mol. The summed E-state index contributed by atoms with van der Waals surface area (Å²) in [5.74, 6) is 0. The van der Waals surface area contributed by atoms with E-state index in [0.29, 0.717) is 6.42 Å². The average molecular weight is 170 g/mol. The topological polar surface area (TPSA) is 29.5 Å². The zero-order chi connectivity index (χ0) is 9.40. The Morgan fingerprint density at radius 2 is 2.08 bits per heavy atom. The van der Waals surface area contributed by atoms with Crippen molar-refractivity contribution in [3.63, 3.8) is 0 Å². The molecule has 0 aromatic heterocycles. The molecule has 0 aliphatic carbocycles. The number of ether oxygens (including phenoxy) is 1. The van der Waals surface area contributed by atoms with E-state index in [-0.39, 0.29) is 12.2 Å². The number of hydrogen-bond donors (Lipinski definition) is 1. The first-order chi connectivity index (χ1) is 5.66. The summed E-state index contributed by atoms with van der Waals surface area (Å²) in [6.07, 6.45) is 7.47. The standard InChI is InChI=1S/C10H18O2/c1-4-6-10(11)7-5-8-12-9(2)3/h4-6,8-11H,7H2,1-3H3/b6-4+,8-5+. The lowest BCUT2D eigenvalue weighted by molar-refractivity contribution is 0.175. The highest BCUT2D eigenvalue weighted by atomic mass is 16.5. The number of allylic oxidation sites excluding steroid dienone is 1. The van der Waals surface area contributed by atoms with Gasteiger partial charge in [-0.05, 0) is 33.3 Å². The molecular formula is C10H18O2. The van der Waals surface area contributed by atoms with E-state index in [0.717, 1.165) is 0 Å². The van der Waals surface area contributed by atoms with Crippen molar-refractivity contribution in [3.8, 4) is 0 Å². The van der Waals surface area contributed by atoms with Gasteiger partial charge >= 0.3 is 0 Å². The van der Waals surface area contributed by atoms with Crippen LogP contribution in [0.4, 0.5) is 0 Å². The molecule has 0 spiro atoms. The fourth-order valence-electron chi connectivity index (χ4n) is 0.708. The normalized spacial score (nSPS) is 14.8. The van der Waals surface area contributed by atoms with Crippen molar-refractivity contribution in [1.29, 1.82) is 0 Å². The molecule has 0 aliphatic heterocycles. The Balaban J connectivity index is 3.46. The van der Waals surface area contributed by atoms with E-state index in [1.165, 1.54) is 0 Å². The zero-order valence-corrected chi connectivity index (χ0v) is 8.03. The highest BCUT2D eigenvalue weighted by Gasteiger charge is 1.93. The average Bonchev–Trinajstić information content (AvgIpc) is 1.98. The van der Waals surface area contributed by atoms with E-state index in [4.69, 9.17) is 4.74 Å². The monoisotopic (exact) mass is 170 g/mol. The number of rotatable bonds is 5. The Morgan fingerprint density at radius 3 is 2.58 bits per heavy atom. The zero-order valence-electron chi connectivity index (χ0n) is 8.03. The Bertz CT molecular complexity index is 148. The van der Waals surface area contributed by atoms with Gasteiger partial charge < -0.3 is 9.84 Å². The first-order valence-corrected chi connectivity index (χ1v) is 4.28. The smallest absolute Gasteiger partial charge is 0.0922 e. The fraction of sp³-hybridized carbons (Fsp3) is 0.600. The molecule has 0 fully saturated rings. The number of hydrogen-bond acceptors (Lipinski definition) is 2. The van der Waals surface area contributed by atoms with Crippen molar-refractivity contribution >= 4 is 0 Å². The fourth-order valence-corrected chi connectivity index (χ4v) is 0.708. The minimum absolute atomic E-state index is 0.208. The lowest BCUT2D eigenvalue weighted by atomic mass is 10.2. The van der Waals surface area contributed by atoms with Gasteiger partial charge in [-0.15, -0.1) is 0 Å². The van der Waals surface area contributed by atoms with Crippen molar-refractivity contribution in [2.24, 2.45) is 0 Å². The third kappa shape index (κ3) is 7.35. The van der Waals surface area contributed by atoms with E-state index in [1.807, 2.05) is 32.9 Å². The van der Waals surface area contributed by atoms with E-state index >= 15 is 0 Å². The lowest BCUT2D eigenvalue weighted by Crippen LogP contribution is -2.00. The maximum Gasteiger partial charge on any atom is 0.0922 e. The molecule has 0 aromatic carbocycles. The Hall–Kier alpha value is -0.760. The molecule has 0 aliphatic rings. The summed E-state index contributed by atoms with van der Waals surface area (Å²) >= 11 is 0. The molecule has 0 rings (SSSR count). The first kappa shape index (κ1) is 11.2. The van der Waals surface area contributed by atoms with Gasteiger partial charge in [0.05, 0.1) is 18.5 Å². The summed E-state index contributed by atoms with van der Waals surface area (Å²) in [6, 6.07) is 0. The van der Waals surface area contributed by atoms with E-state index in [1.54, 1.807) is 12.3 Å². The molecule has 0 saturated heterocycles. The third-order valence-corrected chi connectivity index (χ3v) is 1.24. The van der Waals surface area contributed by atoms with Crippen LogP contribution in [0.3, 0.4) is 0 Å². The lowest BCUT2D eigenvalue weighted by Gasteiger charge is -2.03. The molecule has 0 radical (unpaired) electrons. The molecule has 0 saturated carbocycles. The largest absolute Gasteiger partial charge is 0.499 e. The minimum Gasteiger partial charge on any atom is -0.499 e. The van der Waals surface area contributed by atoms with E-state index in [9.17, 15) is 5.11 Å². The highest BCUT2D eigenvalue weighted by molar-refractivity contribution is 4.90. The molecule has 1 N–H and O–H groups in total. The Morgan fingerprint density at radius 1 is 1.42 bits per heavy atom. The number of aliphatic hydroxyl groups is 1. The van der Waals surface area contributed by atoms with Crippen LogP contribution in [-0.2, 0) is 4.74 Å². The summed E-state index contributed by atoms with van der Waals surface area (Å²) in [5.41, 5.74) is 0. The van der Waals surface area contributed by atoms with Gasteiger partial charge in [0, 0.05) is 0 Å². The van der Waals surface area contributed by atoms with Crippen molar-refractivity contribution < 1.29 is 9.84 Å². The maximum absolute atomic E-state index is 9.22. The highest BCUT2D eigenvalue weighted by Crippen LogP contribution is 1.96. The molecule has 1 unspecified atom stereocenters. The molecule has 2 heteroatoms. The van der Waals surface area contributed by atoms with Gasteiger partial charge in [0.15, 0.2) is 0 Å². The van der Waals surface area contributed by atoms with Crippen LogP contribution in [0.2, 0.25) is 0 Å². The summed E-state index contributed by atoms with van der Waals surface area (Å²) in [6.45, 7) is 5.82. The molecule has 12 heavy (non-hydrogen) atoms. The Labute approximate surface area is 74.6 Å². The molecule has 70 valence electrons. The first-order valence-electron chi connectivity index (χ1n) is 4.28. The van der Waals surface area contributed by atoms with Crippen LogP contribution in [0.25, 0.3) is 0 Å². The van der Waals surface area contributed by atoms with Gasteiger partial charge in [-0.2, -0.15) is 0 Å². The second-order valence-corrected chi connectivity index (χ2v) is 2.89. The maximum atomic E-state index is 9.22. The molecule has 0 heterocycles. The third-order valence-electron chi connectivity index (χ3n) is 1.24. The molecule has 0 bridgehead atoms. The molecule has 2 nitrogen and oxygen atoms in total. The summed E-state index contributed by atoms with van der Waals surface area (Å²) in [4.78, 5) is 0. The van der Waals surface area contributed by atoms with Gasteiger partial charge in [-0.3, -0.25) is 0 Å². The van der Waals surface area contributed by atoms with Crippen molar-refractivity contribution in [2.75, 3.05) is 0 Å². The molecule has 1 atom stereocenters. The second-order valence-electron chi connectivity index (χ2n) is 2.89. The second kappa shape index (κ2) is 6.92. The van der Waals surface area contributed by atoms with Crippen LogP contribution in [0.5, 0.6) is 0 Å². The van der Waals surface area contributed by atoms with Crippen LogP contribution in [0.15, 0.2) is 24.5 Å². The summed E-state index contributed by atoms with van der Waals surface area (Å²) < 4.78 is 5.15. The number of aliphatic hydroxyl groups excluding tert-OH is 1. The quantitative estimate of drug-likeness (QED) is 0.506. The van der Waals surface area contributed by atoms with Gasteiger partial charge in [0.2, 0.25) is 0 Å². The predicted octanol–water partition coefficient (Wildman–Crippen LogP) is 2.25. The van der Waals surface area contributed by atoms with Crippen LogP contribution >= 0.6 is 0 Å². The SMILES string of the molecule is C/C=C/C(O)C/C=C/OC(C)C. The van der Waals surface area contributed by atoms with Crippen molar-refractivity contribution in [1.82, 2.24) is 0 Å². The molecule has 0 amide bonds. The Kier molecular flexibility index (Phi) is 6.48. The van der Waals surface area contributed by atoms with Crippen LogP contribution in [0, 0.1) is 0 Å². The van der Waals surface area contributed by atoms with Crippen LogP contribution in [-0.4, -0.2) is 17.3 Å². The van der Waals surface area contributed by atoms with Gasteiger partial charge in [-0.1, -0.05) is 12.2 Å². The van der Waals surface area contributed by atoms with Gasteiger partial charge in [0.25, 0.3) is 0 Å². The summed E-state index contributed by atoms with van der Waals surface area (Å²) in [7, 11) is 0.